The summed E-state index contributed by atoms with van der Waals surface area (Å²) in [5.41, 5.74) is 3.74. The first-order chi connectivity index (χ1) is 9.20. The van der Waals surface area contributed by atoms with Crippen LogP contribution < -0.4 is 0 Å². The van der Waals surface area contributed by atoms with Crippen molar-refractivity contribution in [2.24, 2.45) is 0 Å². The zero-order valence-electron chi connectivity index (χ0n) is 11.8. The second kappa shape index (κ2) is 6.42. The molecule has 0 heterocycles. The Hall–Kier alpha value is -1.76. The molecule has 0 spiro atoms. The van der Waals surface area contributed by atoms with Crippen molar-refractivity contribution < 1.29 is 5.11 Å². The van der Waals surface area contributed by atoms with E-state index in [-0.39, 0.29) is 0 Å². The van der Waals surface area contributed by atoms with E-state index in [2.05, 4.69) is 44.2 Å². The molecule has 1 N–H and O–H groups in total. The maximum atomic E-state index is 9.92. The van der Waals surface area contributed by atoms with E-state index in [4.69, 9.17) is 0 Å². The Morgan fingerprint density at radius 1 is 0.947 bits per heavy atom. The molecule has 2 aromatic rings. The Morgan fingerprint density at radius 2 is 1.63 bits per heavy atom. The first-order valence-electron chi connectivity index (χ1n) is 7.06. The summed E-state index contributed by atoms with van der Waals surface area (Å²) in [6.07, 6.45) is 3.12. The van der Waals surface area contributed by atoms with Crippen LogP contribution in [0.5, 0.6) is 5.75 Å². The molecule has 2 rings (SSSR count). The van der Waals surface area contributed by atoms with E-state index in [0.717, 1.165) is 24.8 Å². The van der Waals surface area contributed by atoms with Crippen molar-refractivity contribution in [3.05, 3.63) is 65.2 Å². The third kappa shape index (κ3) is 3.60. The maximum Gasteiger partial charge on any atom is 0.119 e. The number of phenols is 1. The zero-order chi connectivity index (χ0) is 13.7. The quantitative estimate of drug-likeness (QED) is 0.820. The van der Waals surface area contributed by atoms with Gasteiger partial charge in [0.1, 0.15) is 5.75 Å². The third-order valence-electron chi connectivity index (χ3n) is 3.78. The van der Waals surface area contributed by atoms with E-state index in [1.807, 2.05) is 18.2 Å². The number of hydrogen-bond acceptors (Lipinski definition) is 1. The molecule has 0 radical (unpaired) electrons. The van der Waals surface area contributed by atoms with Crippen LogP contribution in [-0.2, 0) is 12.8 Å². The van der Waals surface area contributed by atoms with Crippen molar-refractivity contribution in [1.82, 2.24) is 0 Å². The van der Waals surface area contributed by atoms with Crippen LogP contribution >= 0.6 is 0 Å². The van der Waals surface area contributed by atoms with Crippen molar-refractivity contribution in [2.75, 3.05) is 0 Å². The molecule has 0 aromatic heterocycles. The molecule has 0 bridgehead atoms. The van der Waals surface area contributed by atoms with Crippen LogP contribution in [0.25, 0.3) is 0 Å². The Balaban J connectivity index is 2.09. The van der Waals surface area contributed by atoms with Crippen LogP contribution in [0.2, 0.25) is 0 Å². The topological polar surface area (TPSA) is 20.2 Å². The van der Waals surface area contributed by atoms with Gasteiger partial charge in [-0.2, -0.15) is 0 Å². The fourth-order valence-electron chi connectivity index (χ4n) is 2.31. The standard InChI is InChI=1S/C18H22O/c1-3-14(2)17-13-16(11-12-18(17)19)10-9-15-7-5-4-6-8-15/h4-8,11-14,19H,3,9-10H2,1-2H3. The van der Waals surface area contributed by atoms with Gasteiger partial charge < -0.3 is 5.11 Å². The van der Waals surface area contributed by atoms with Gasteiger partial charge in [-0.25, -0.2) is 0 Å². The molecule has 1 unspecified atom stereocenters. The molecule has 0 aliphatic rings. The highest BCUT2D eigenvalue weighted by molar-refractivity contribution is 5.38. The summed E-state index contributed by atoms with van der Waals surface area (Å²) in [5.74, 6) is 0.842. The lowest BCUT2D eigenvalue weighted by Crippen LogP contribution is -1.96. The Labute approximate surface area is 115 Å². The molecule has 1 heteroatoms. The van der Waals surface area contributed by atoms with Crippen LogP contribution in [0, 0.1) is 0 Å². The zero-order valence-corrected chi connectivity index (χ0v) is 11.8. The Bertz CT molecular complexity index is 516. The van der Waals surface area contributed by atoms with Gasteiger partial charge in [-0.3, -0.25) is 0 Å². The van der Waals surface area contributed by atoms with Crippen LogP contribution in [-0.4, -0.2) is 5.11 Å². The normalized spacial score (nSPS) is 12.3. The number of aromatic hydroxyl groups is 1. The van der Waals surface area contributed by atoms with Gasteiger partial charge in [0, 0.05) is 0 Å². The first kappa shape index (κ1) is 13.7. The van der Waals surface area contributed by atoms with Gasteiger partial charge in [0.2, 0.25) is 0 Å². The number of benzene rings is 2. The predicted octanol–water partition coefficient (Wildman–Crippen LogP) is 4.69. The van der Waals surface area contributed by atoms with Crippen LogP contribution in [0.15, 0.2) is 48.5 Å². The fraction of sp³-hybridized carbons (Fsp3) is 0.333. The van der Waals surface area contributed by atoms with Gasteiger partial charge in [-0.05, 0) is 47.9 Å². The van der Waals surface area contributed by atoms with Gasteiger partial charge in [-0.15, -0.1) is 0 Å². The van der Waals surface area contributed by atoms with Gasteiger partial charge in [0.15, 0.2) is 0 Å². The van der Waals surface area contributed by atoms with Crippen molar-refractivity contribution in [3.63, 3.8) is 0 Å². The predicted molar refractivity (Wildman–Crippen MR) is 80.7 cm³/mol. The lowest BCUT2D eigenvalue weighted by Gasteiger charge is -2.13. The van der Waals surface area contributed by atoms with E-state index < -0.39 is 0 Å². The summed E-state index contributed by atoms with van der Waals surface area (Å²) in [6, 6.07) is 16.6. The van der Waals surface area contributed by atoms with Gasteiger partial charge in [-0.1, -0.05) is 56.3 Å². The molecular formula is C18H22O. The second-order valence-electron chi connectivity index (χ2n) is 5.19. The molecule has 0 amide bonds. The van der Waals surface area contributed by atoms with Gasteiger partial charge >= 0.3 is 0 Å². The average molecular weight is 254 g/mol. The van der Waals surface area contributed by atoms with E-state index >= 15 is 0 Å². The van der Waals surface area contributed by atoms with Crippen LogP contribution in [0.3, 0.4) is 0 Å². The smallest absolute Gasteiger partial charge is 0.119 e. The Kier molecular flexibility index (Phi) is 4.62. The first-order valence-corrected chi connectivity index (χ1v) is 7.06. The molecule has 0 fully saturated rings. The molecule has 1 atom stereocenters. The molecule has 0 aliphatic carbocycles. The monoisotopic (exact) mass is 254 g/mol. The minimum Gasteiger partial charge on any atom is -0.508 e. The van der Waals surface area contributed by atoms with Crippen molar-refractivity contribution in [2.45, 2.75) is 39.0 Å². The van der Waals surface area contributed by atoms with Crippen LogP contribution in [0.1, 0.15) is 42.9 Å². The second-order valence-corrected chi connectivity index (χ2v) is 5.19. The number of rotatable bonds is 5. The summed E-state index contributed by atoms with van der Waals surface area (Å²) in [6.45, 7) is 4.32. The van der Waals surface area contributed by atoms with Gasteiger partial charge in [0.25, 0.3) is 0 Å². The summed E-state index contributed by atoms with van der Waals surface area (Å²) < 4.78 is 0. The molecule has 0 aliphatic heterocycles. The minimum absolute atomic E-state index is 0.414. The van der Waals surface area contributed by atoms with E-state index in [1.165, 1.54) is 11.1 Å². The highest BCUT2D eigenvalue weighted by atomic mass is 16.3. The minimum atomic E-state index is 0.414. The molecule has 1 nitrogen and oxygen atoms in total. The summed E-state index contributed by atoms with van der Waals surface area (Å²) >= 11 is 0. The van der Waals surface area contributed by atoms with Crippen molar-refractivity contribution in [3.8, 4) is 5.75 Å². The number of phenolic OH excluding ortho intramolecular Hbond substituents is 1. The maximum absolute atomic E-state index is 9.92. The van der Waals surface area contributed by atoms with E-state index in [9.17, 15) is 5.11 Å². The summed E-state index contributed by atoms with van der Waals surface area (Å²) in [5, 5.41) is 9.92. The summed E-state index contributed by atoms with van der Waals surface area (Å²) in [4.78, 5) is 0. The molecule has 0 saturated carbocycles. The number of hydrogen-bond donors (Lipinski definition) is 1. The fourth-order valence-corrected chi connectivity index (χ4v) is 2.31. The molecular weight excluding hydrogens is 232 g/mol. The molecule has 0 saturated heterocycles. The molecule has 100 valence electrons. The molecule has 2 aromatic carbocycles. The largest absolute Gasteiger partial charge is 0.508 e. The van der Waals surface area contributed by atoms with E-state index in [0.29, 0.717) is 11.7 Å². The van der Waals surface area contributed by atoms with E-state index in [1.54, 1.807) is 0 Å². The van der Waals surface area contributed by atoms with Gasteiger partial charge in [0.05, 0.1) is 0 Å². The SMILES string of the molecule is CCC(C)c1cc(CCc2ccccc2)ccc1O. The van der Waals surface area contributed by atoms with Crippen molar-refractivity contribution >= 4 is 0 Å². The average Bonchev–Trinajstić information content (AvgIpc) is 2.46. The lowest BCUT2D eigenvalue weighted by molar-refractivity contribution is 0.461. The van der Waals surface area contributed by atoms with Crippen molar-refractivity contribution in [1.29, 1.82) is 0 Å². The Morgan fingerprint density at radius 3 is 2.32 bits per heavy atom. The lowest BCUT2D eigenvalue weighted by atomic mass is 9.94. The third-order valence-corrected chi connectivity index (χ3v) is 3.78. The highest BCUT2D eigenvalue weighted by Gasteiger charge is 2.09. The number of aryl methyl sites for hydroxylation is 2. The molecule has 19 heavy (non-hydrogen) atoms. The highest BCUT2D eigenvalue weighted by Crippen LogP contribution is 2.29. The summed E-state index contributed by atoms with van der Waals surface area (Å²) in [7, 11) is 0. The van der Waals surface area contributed by atoms with Crippen LogP contribution in [0.4, 0.5) is 0 Å².